The van der Waals surface area contributed by atoms with Crippen LogP contribution < -0.4 is 10.6 Å². The van der Waals surface area contributed by atoms with E-state index >= 15 is 0 Å². The molecule has 0 heterocycles. The normalized spacial score (nSPS) is 36.2. The van der Waals surface area contributed by atoms with Gasteiger partial charge in [0.25, 0.3) is 0 Å². The Kier molecular flexibility index (Phi) is 3.83. The molecule has 4 fully saturated rings. The van der Waals surface area contributed by atoms with E-state index in [-0.39, 0.29) is 18.1 Å². The number of rotatable bonds is 4. The fourth-order valence-electron chi connectivity index (χ4n) is 5.70. The molecule has 4 heteroatoms. The summed E-state index contributed by atoms with van der Waals surface area (Å²) in [4.78, 5) is 12.5. The van der Waals surface area contributed by atoms with Crippen molar-refractivity contribution < 1.29 is 9.90 Å². The van der Waals surface area contributed by atoms with E-state index in [4.69, 9.17) is 0 Å². The van der Waals surface area contributed by atoms with Crippen molar-refractivity contribution in [1.82, 2.24) is 10.6 Å². The van der Waals surface area contributed by atoms with Gasteiger partial charge in [-0.3, -0.25) is 0 Å². The van der Waals surface area contributed by atoms with Gasteiger partial charge in [-0.25, -0.2) is 4.79 Å². The minimum atomic E-state index is -1.06. The van der Waals surface area contributed by atoms with E-state index < -0.39 is 5.60 Å². The van der Waals surface area contributed by atoms with Crippen LogP contribution in [-0.2, 0) is 5.60 Å². The van der Waals surface area contributed by atoms with Gasteiger partial charge in [0.15, 0.2) is 0 Å². The van der Waals surface area contributed by atoms with Crippen LogP contribution in [-0.4, -0.2) is 23.2 Å². The molecular formula is C20H28N2O2. The van der Waals surface area contributed by atoms with Gasteiger partial charge in [-0.05, 0) is 68.8 Å². The van der Waals surface area contributed by atoms with Crippen LogP contribution in [0.1, 0.15) is 51.0 Å². The molecule has 5 rings (SSSR count). The summed E-state index contributed by atoms with van der Waals surface area (Å²) in [5.41, 5.74) is -0.225. The fourth-order valence-corrected chi connectivity index (χ4v) is 5.70. The maximum Gasteiger partial charge on any atom is 0.315 e. The van der Waals surface area contributed by atoms with Crippen molar-refractivity contribution in [2.45, 2.75) is 56.6 Å². The zero-order valence-electron chi connectivity index (χ0n) is 14.4. The highest BCUT2D eigenvalue weighted by Crippen LogP contribution is 2.55. The van der Waals surface area contributed by atoms with Gasteiger partial charge in [-0.2, -0.15) is 0 Å². The minimum absolute atomic E-state index is 0.0113. The van der Waals surface area contributed by atoms with Gasteiger partial charge in [0.2, 0.25) is 0 Å². The first-order valence-electron chi connectivity index (χ1n) is 9.28. The number of hydrogen-bond acceptors (Lipinski definition) is 2. The molecule has 24 heavy (non-hydrogen) atoms. The van der Waals surface area contributed by atoms with Gasteiger partial charge >= 0.3 is 6.03 Å². The third-order valence-corrected chi connectivity index (χ3v) is 6.41. The topological polar surface area (TPSA) is 61.4 Å². The van der Waals surface area contributed by atoms with Crippen molar-refractivity contribution in [2.75, 3.05) is 6.54 Å². The van der Waals surface area contributed by atoms with Gasteiger partial charge in [0.1, 0.15) is 5.60 Å². The van der Waals surface area contributed by atoms with Gasteiger partial charge in [0.05, 0.1) is 6.54 Å². The molecule has 0 saturated heterocycles. The van der Waals surface area contributed by atoms with Crippen molar-refractivity contribution in [1.29, 1.82) is 0 Å². The van der Waals surface area contributed by atoms with Crippen LogP contribution in [0.15, 0.2) is 30.3 Å². The second-order valence-corrected chi connectivity index (χ2v) is 8.65. The number of urea groups is 1. The highest BCUT2D eigenvalue weighted by atomic mass is 16.3. The Hall–Kier alpha value is -1.55. The molecule has 1 aromatic carbocycles. The maximum atomic E-state index is 12.5. The number of nitrogens with one attached hydrogen (secondary N) is 2. The third kappa shape index (κ3) is 3.04. The minimum Gasteiger partial charge on any atom is -0.384 e. The number of carbonyl (C=O) groups is 1. The largest absolute Gasteiger partial charge is 0.384 e. The van der Waals surface area contributed by atoms with Crippen molar-refractivity contribution in [3.63, 3.8) is 0 Å². The van der Waals surface area contributed by atoms with E-state index in [1.54, 1.807) is 6.92 Å². The van der Waals surface area contributed by atoms with Crippen molar-refractivity contribution in [2.24, 2.45) is 17.8 Å². The second-order valence-electron chi connectivity index (χ2n) is 8.65. The lowest BCUT2D eigenvalue weighted by Gasteiger charge is -2.56. The molecule has 0 aromatic heterocycles. The molecular weight excluding hydrogens is 300 g/mol. The molecule has 4 aliphatic rings. The van der Waals surface area contributed by atoms with E-state index in [9.17, 15) is 9.90 Å². The molecule has 4 bridgehead atoms. The number of benzene rings is 1. The van der Waals surface area contributed by atoms with E-state index in [0.29, 0.717) is 0 Å². The van der Waals surface area contributed by atoms with E-state index in [1.165, 1.54) is 19.3 Å². The number of carbonyl (C=O) groups excluding carboxylic acids is 1. The summed E-state index contributed by atoms with van der Waals surface area (Å²) < 4.78 is 0. The summed E-state index contributed by atoms with van der Waals surface area (Å²) >= 11 is 0. The van der Waals surface area contributed by atoms with Crippen LogP contribution >= 0.6 is 0 Å². The quantitative estimate of drug-likeness (QED) is 0.795. The Bertz CT molecular complexity index is 576. The smallest absolute Gasteiger partial charge is 0.315 e. The lowest BCUT2D eigenvalue weighted by Crippen LogP contribution is -2.62. The lowest BCUT2D eigenvalue weighted by atomic mass is 9.53. The standard InChI is InChI=1S/C20H28N2O2/c1-19(24,17-5-3-2-4-6-17)13-21-18(23)22-20-10-14-7-15(11-20)9-16(8-14)12-20/h2-6,14-16,24H,7-13H2,1H3,(H2,21,22,23)/t14?,15?,16?,19-,20?/m0/s1. The zero-order valence-corrected chi connectivity index (χ0v) is 14.4. The molecule has 0 aliphatic heterocycles. The Labute approximate surface area is 144 Å². The van der Waals surface area contributed by atoms with Gasteiger partial charge in [-0.1, -0.05) is 30.3 Å². The molecule has 4 saturated carbocycles. The van der Waals surface area contributed by atoms with Crippen LogP contribution in [0, 0.1) is 17.8 Å². The highest BCUT2D eigenvalue weighted by molar-refractivity contribution is 5.75. The summed E-state index contributed by atoms with van der Waals surface area (Å²) in [7, 11) is 0. The number of amides is 2. The first-order chi connectivity index (χ1) is 11.4. The molecule has 0 spiro atoms. The van der Waals surface area contributed by atoms with E-state index in [2.05, 4.69) is 10.6 Å². The summed E-state index contributed by atoms with van der Waals surface area (Å²) in [5, 5.41) is 16.8. The van der Waals surface area contributed by atoms with E-state index in [0.717, 1.165) is 42.6 Å². The average molecular weight is 328 g/mol. The second kappa shape index (κ2) is 5.76. The van der Waals surface area contributed by atoms with Gasteiger partial charge in [0, 0.05) is 5.54 Å². The molecule has 3 N–H and O–H groups in total. The van der Waals surface area contributed by atoms with Crippen LogP contribution in [0.4, 0.5) is 4.79 Å². The Morgan fingerprint density at radius 1 is 1.12 bits per heavy atom. The Morgan fingerprint density at radius 3 is 2.21 bits per heavy atom. The Morgan fingerprint density at radius 2 is 1.67 bits per heavy atom. The molecule has 4 aliphatic carbocycles. The molecule has 130 valence electrons. The van der Waals surface area contributed by atoms with Crippen LogP contribution in [0.5, 0.6) is 0 Å². The summed E-state index contributed by atoms with van der Waals surface area (Å²) in [6.07, 6.45) is 7.52. The van der Waals surface area contributed by atoms with Crippen LogP contribution in [0.25, 0.3) is 0 Å². The van der Waals surface area contributed by atoms with E-state index in [1.807, 2.05) is 30.3 Å². The van der Waals surface area contributed by atoms with Crippen molar-refractivity contribution in [3.05, 3.63) is 35.9 Å². The maximum absolute atomic E-state index is 12.5. The molecule has 0 radical (unpaired) electrons. The fraction of sp³-hybridized carbons (Fsp3) is 0.650. The highest BCUT2D eigenvalue weighted by Gasteiger charge is 2.51. The van der Waals surface area contributed by atoms with Crippen molar-refractivity contribution in [3.8, 4) is 0 Å². The zero-order chi connectivity index (χ0) is 16.8. The summed E-state index contributed by atoms with van der Waals surface area (Å²) in [6.45, 7) is 1.96. The molecule has 1 atom stereocenters. The average Bonchev–Trinajstić information content (AvgIpc) is 2.52. The predicted octanol–water partition coefficient (Wildman–Crippen LogP) is 3.16. The lowest BCUT2D eigenvalue weighted by molar-refractivity contribution is -0.0141. The molecule has 1 aromatic rings. The van der Waals surface area contributed by atoms with Gasteiger partial charge < -0.3 is 15.7 Å². The third-order valence-electron chi connectivity index (χ3n) is 6.41. The van der Waals surface area contributed by atoms with Crippen LogP contribution in [0.2, 0.25) is 0 Å². The summed E-state index contributed by atoms with van der Waals surface area (Å²) in [6, 6.07) is 9.37. The summed E-state index contributed by atoms with van der Waals surface area (Å²) in [5.74, 6) is 2.43. The number of hydrogen-bond donors (Lipinski definition) is 3. The molecule has 4 nitrogen and oxygen atoms in total. The van der Waals surface area contributed by atoms with Crippen molar-refractivity contribution >= 4 is 6.03 Å². The predicted molar refractivity (Wildman–Crippen MR) is 93.5 cm³/mol. The monoisotopic (exact) mass is 328 g/mol. The molecule has 0 unspecified atom stereocenters. The SMILES string of the molecule is C[C@](O)(CNC(=O)NC12CC3CC(CC(C3)C1)C2)c1ccccc1. The first kappa shape index (κ1) is 15.9. The van der Waals surface area contributed by atoms with Crippen LogP contribution in [0.3, 0.4) is 0 Å². The first-order valence-corrected chi connectivity index (χ1v) is 9.28. The van der Waals surface area contributed by atoms with Gasteiger partial charge in [-0.15, -0.1) is 0 Å². The molecule has 2 amide bonds. The Balaban J connectivity index is 1.36. The number of aliphatic hydroxyl groups is 1.